The topological polar surface area (TPSA) is 101 Å². The van der Waals surface area contributed by atoms with Gasteiger partial charge in [-0.3, -0.25) is 9.59 Å². The molecule has 1 saturated carbocycles. The third-order valence-electron chi connectivity index (χ3n) is 5.56. The first kappa shape index (κ1) is 20.0. The molecule has 8 heteroatoms. The van der Waals surface area contributed by atoms with Crippen molar-refractivity contribution in [2.75, 3.05) is 0 Å². The second kappa shape index (κ2) is 8.22. The van der Waals surface area contributed by atoms with E-state index in [4.69, 9.17) is 4.52 Å². The minimum atomic E-state index is -0.504. The molecule has 2 aromatic heterocycles. The molecule has 0 radical (unpaired) electrons. The quantitative estimate of drug-likeness (QED) is 0.648. The summed E-state index contributed by atoms with van der Waals surface area (Å²) < 4.78 is 18.5. The normalized spacial score (nSPS) is 14.9. The maximum Gasteiger partial charge on any atom is 0.257 e. The van der Waals surface area contributed by atoms with Crippen molar-refractivity contribution >= 4 is 5.91 Å². The number of carbonyl (C=O) groups excluding carboxylic acids is 1. The van der Waals surface area contributed by atoms with Crippen LogP contribution in [0.1, 0.15) is 70.1 Å². The molecular formula is C22H23FN4O3. The van der Waals surface area contributed by atoms with Crippen molar-refractivity contribution in [2.24, 2.45) is 0 Å². The molecule has 4 rings (SSSR count). The third-order valence-corrected chi connectivity index (χ3v) is 5.56. The Bertz CT molecular complexity index is 1100. The fourth-order valence-corrected chi connectivity index (χ4v) is 3.70. The van der Waals surface area contributed by atoms with E-state index in [-0.39, 0.29) is 23.2 Å². The highest BCUT2D eigenvalue weighted by molar-refractivity contribution is 5.96. The Hall–Kier alpha value is -3.29. The molecule has 7 nitrogen and oxygen atoms in total. The highest BCUT2D eigenvalue weighted by Gasteiger charge is 2.25. The molecule has 156 valence electrons. The van der Waals surface area contributed by atoms with Crippen molar-refractivity contribution in [2.45, 2.75) is 51.5 Å². The Morgan fingerprint density at radius 1 is 1.30 bits per heavy atom. The van der Waals surface area contributed by atoms with Crippen molar-refractivity contribution in [3.8, 4) is 0 Å². The van der Waals surface area contributed by atoms with Gasteiger partial charge in [-0.05, 0) is 44.4 Å². The molecule has 0 saturated heterocycles. The van der Waals surface area contributed by atoms with Gasteiger partial charge in [0, 0.05) is 18.4 Å². The van der Waals surface area contributed by atoms with Crippen LogP contribution in [0.5, 0.6) is 0 Å². The van der Waals surface area contributed by atoms with Crippen molar-refractivity contribution < 1.29 is 13.7 Å². The van der Waals surface area contributed by atoms with Crippen LogP contribution in [0.3, 0.4) is 0 Å². The van der Waals surface area contributed by atoms with Crippen molar-refractivity contribution in [1.82, 2.24) is 20.4 Å². The van der Waals surface area contributed by atoms with E-state index in [9.17, 15) is 14.0 Å². The zero-order valence-electron chi connectivity index (χ0n) is 16.9. The number of aromatic nitrogens is 3. The molecular weight excluding hydrogens is 387 g/mol. The second-order valence-electron chi connectivity index (χ2n) is 7.73. The first-order chi connectivity index (χ1) is 14.4. The summed E-state index contributed by atoms with van der Waals surface area (Å²) in [5, 5.41) is 6.80. The number of carbonyl (C=O) groups is 1. The minimum absolute atomic E-state index is 0.211. The number of aryl methyl sites for hydroxylation is 2. The van der Waals surface area contributed by atoms with E-state index >= 15 is 0 Å². The number of halogens is 1. The van der Waals surface area contributed by atoms with Crippen LogP contribution in [0.15, 0.2) is 39.6 Å². The van der Waals surface area contributed by atoms with E-state index in [1.807, 2.05) is 0 Å². The number of aromatic amines is 1. The molecule has 0 unspecified atom stereocenters. The maximum atomic E-state index is 13.4. The number of rotatable bonds is 6. The summed E-state index contributed by atoms with van der Waals surface area (Å²) in [7, 11) is 0. The Labute approximate surface area is 172 Å². The highest BCUT2D eigenvalue weighted by atomic mass is 19.1. The summed E-state index contributed by atoms with van der Waals surface area (Å²) in [4.78, 5) is 32.5. The van der Waals surface area contributed by atoms with E-state index in [1.165, 1.54) is 18.2 Å². The Balaban J connectivity index is 1.64. The Kier molecular flexibility index (Phi) is 5.48. The number of amides is 1. The zero-order valence-corrected chi connectivity index (χ0v) is 16.9. The lowest BCUT2D eigenvalue weighted by molar-refractivity contribution is 0.0934. The summed E-state index contributed by atoms with van der Waals surface area (Å²) >= 11 is 0. The average molecular weight is 410 g/mol. The monoisotopic (exact) mass is 410 g/mol. The number of nitrogens with one attached hydrogen (secondary N) is 2. The molecule has 2 heterocycles. The van der Waals surface area contributed by atoms with E-state index in [0.29, 0.717) is 40.5 Å². The van der Waals surface area contributed by atoms with Crippen LogP contribution in [-0.2, 0) is 6.42 Å². The third kappa shape index (κ3) is 4.17. The Morgan fingerprint density at radius 3 is 2.63 bits per heavy atom. The smallest absolute Gasteiger partial charge is 0.257 e. The molecule has 1 amide bonds. The lowest BCUT2D eigenvalue weighted by atomic mass is 9.85. The van der Waals surface area contributed by atoms with Gasteiger partial charge in [0.25, 0.3) is 11.5 Å². The highest BCUT2D eigenvalue weighted by Crippen LogP contribution is 2.34. The molecule has 1 aliphatic carbocycles. The van der Waals surface area contributed by atoms with Crippen LogP contribution in [0.4, 0.5) is 4.39 Å². The summed E-state index contributed by atoms with van der Waals surface area (Å²) in [6, 6.07) is 6.86. The summed E-state index contributed by atoms with van der Waals surface area (Å²) in [5.41, 5.74) is 1.94. The van der Waals surface area contributed by atoms with Crippen molar-refractivity contribution in [3.63, 3.8) is 0 Å². The van der Waals surface area contributed by atoms with Crippen LogP contribution in [-0.4, -0.2) is 21.0 Å². The number of hydrogen-bond acceptors (Lipinski definition) is 5. The molecule has 1 aromatic carbocycles. The lowest BCUT2D eigenvalue weighted by Gasteiger charge is -2.25. The lowest BCUT2D eigenvalue weighted by Crippen LogP contribution is -2.31. The molecule has 0 spiro atoms. The molecule has 1 aliphatic rings. The van der Waals surface area contributed by atoms with Crippen LogP contribution in [0.2, 0.25) is 0 Å². The predicted molar refractivity (Wildman–Crippen MR) is 108 cm³/mol. The van der Waals surface area contributed by atoms with E-state index < -0.39 is 6.04 Å². The van der Waals surface area contributed by atoms with Crippen molar-refractivity contribution in [1.29, 1.82) is 0 Å². The Morgan fingerprint density at radius 2 is 2.03 bits per heavy atom. The minimum Gasteiger partial charge on any atom is -0.361 e. The number of hydrogen-bond donors (Lipinski definition) is 2. The van der Waals surface area contributed by atoms with Crippen LogP contribution in [0.25, 0.3) is 0 Å². The van der Waals surface area contributed by atoms with Gasteiger partial charge in [-0.25, -0.2) is 9.37 Å². The van der Waals surface area contributed by atoms with Crippen LogP contribution >= 0.6 is 0 Å². The standard InChI is InChI=1S/C22H23FN4O3/c1-12-20(13(2)30-27-12)22(29)25-18(14-6-8-16(23)9-7-14)10-17-11-19(28)26-21(24-17)15-4-3-5-15/h6-9,11,15,18H,3-5,10H2,1-2H3,(H,25,29)(H,24,26,28)/t18-/m0/s1. The van der Waals surface area contributed by atoms with Gasteiger partial charge in [0.05, 0.1) is 17.4 Å². The van der Waals surface area contributed by atoms with Crippen LogP contribution < -0.4 is 10.9 Å². The number of H-pyrrole nitrogens is 1. The SMILES string of the molecule is Cc1noc(C)c1C(=O)N[C@@H](Cc1cc(=O)[nH]c(C2CCC2)n1)c1ccc(F)cc1. The first-order valence-corrected chi connectivity index (χ1v) is 10.00. The molecule has 0 bridgehead atoms. The fourth-order valence-electron chi connectivity index (χ4n) is 3.70. The van der Waals surface area contributed by atoms with Gasteiger partial charge in [0.1, 0.15) is 23.0 Å². The number of nitrogens with zero attached hydrogens (tertiary/aromatic N) is 2. The largest absolute Gasteiger partial charge is 0.361 e. The van der Waals surface area contributed by atoms with Gasteiger partial charge in [0.2, 0.25) is 0 Å². The van der Waals surface area contributed by atoms with Gasteiger partial charge in [-0.1, -0.05) is 23.7 Å². The van der Waals surface area contributed by atoms with Crippen molar-refractivity contribution in [3.05, 3.63) is 80.6 Å². The van der Waals surface area contributed by atoms with Gasteiger partial charge < -0.3 is 14.8 Å². The molecule has 3 aromatic rings. The second-order valence-corrected chi connectivity index (χ2v) is 7.73. The van der Waals surface area contributed by atoms with Gasteiger partial charge in [-0.15, -0.1) is 0 Å². The van der Waals surface area contributed by atoms with Gasteiger partial charge in [0.15, 0.2) is 0 Å². The van der Waals surface area contributed by atoms with Crippen LogP contribution in [0, 0.1) is 19.7 Å². The van der Waals surface area contributed by atoms with Gasteiger partial charge in [-0.2, -0.15) is 0 Å². The summed E-state index contributed by atoms with van der Waals surface area (Å²) in [5.74, 6) is 0.683. The molecule has 0 aliphatic heterocycles. The average Bonchev–Trinajstić information content (AvgIpc) is 2.98. The zero-order chi connectivity index (χ0) is 21.3. The number of benzene rings is 1. The summed E-state index contributed by atoms with van der Waals surface area (Å²) in [6.45, 7) is 3.37. The predicted octanol–water partition coefficient (Wildman–Crippen LogP) is 3.50. The molecule has 30 heavy (non-hydrogen) atoms. The van der Waals surface area contributed by atoms with Gasteiger partial charge >= 0.3 is 0 Å². The van der Waals surface area contributed by atoms with E-state index in [1.54, 1.807) is 26.0 Å². The molecule has 1 fully saturated rings. The molecule has 2 N–H and O–H groups in total. The van der Waals surface area contributed by atoms with E-state index in [2.05, 4.69) is 20.4 Å². The fraction of sp³-hybridized carbons (Fsp3) is 0.364. The van der Waals surface area contributed by atoms with E-state index in [0.717, 1.165) is 19.3 Å². The first-order valence-electron chi connectivity index (χ1n) is 10.00. The molecule has 1 atom stereocenters. The summed E-state index contributed by atoms with van der Waals surface area (Å²) in [6.07, 6.45) is 3.45. The maximum absolute atomic E-state index is 13.4.